The normalized spacial score (nSPS) is 14.8. The molecule has 1 aromatic carbocycles. The molecular formula is C14H14N2O. The number of pyridine rings is 1. The number of nitrogens with one attached hydrogen (secondary N) is 1. The van der Waals surface area contributed by atoms with Crippen LogP contribution in [0.1, 0.15) is 23.2 Å². The second-order valence-electron chi connectivity index (χ2n) is 4.57. The van der Waals surface area contributed by atoms with Crippen LogP contribution in [-0.2, 0) is 0 Å². The van der Waals surface area contributed by atoms with Gasteiger partial charge in [-0.25, -0.2) is 0 Å². The molecule has 3 nitrogen and oxygen atoms in total. The van der Waals surface area contributed by atoms with Gasteiger partial charge in [-0.3, -0.25) is 9.78 Å². The predicted molar refractivity (Wildman–Crippen MR) is 66.8 cm³/mol. The Morgan fingerprint density at radius 2 is 2.18 bits per heavy atom. The lowest BCUT2D eigenvalue weighted by atomic mass is 10.1. The molecule has 0 spiro atoms. The number of aromatic nitrogens is 1. The molecule has 0 aliphatic heterocycles. The van der Waals surface area contributed by atoms with Gasteiger partial charge in [0.1, 0.15) is 0 Å². The highest BCUT2D eigenvalue weighted by Gasteiger charge is 2.21. The summed E-state index contributed by atoms with van der Waals surface area (Å²) in [5.74, 6) is 0.683. The zero-order chi connectivity index (χ0) is 11.7. The van der Waals surface area contributed by atoms with E-state index in [4.69, 9.17) is 0 Å². The molecule has 0 saturated heterocycles. The van der Waals surface area contributed by atoms with E-state index >= 15 is 0 Å². The molecule has 1 amide bonds. The quantitative estimate of drug-likeness (QED) is 0.873. The minimum Gasteiger partial charge on any atom is -0.352 e. The Morgan fingerprint density at radius 1 is 1.35 bits per heavy atom. The number of amides is 1. The molecule has 0 unspecified atom stereocenters. The number of carbonyl (C=O) groups is 1. The van der Waals surface area contributed by atoms with Crippen LogP contribution in [0.5, 0.6) is 0 Å². The highest BCUT2D eigenvalue weighted by Crippen LogP contribution is 2.27. The first-order chi connectivity index (χ1) is 8.33. The summed E-state index contributed by atoms with van der Waals surface area (Å²) < 4.78 is 0. The maximum Gasteiger partial charge on any atom is 0.252 e. The third-order valence-electron chi connectivity index (χ3n) is 3.10. The van der Waals surface area contributed by atoms with E-state index in [0.717, 1.165) is 17.4 Å². The van der Waals surface area contributed by atoms with Crippen molar-refractivity contribution in [2.45, 2.75) is 12.8 Å². The largest absolute Gasteiger partial charge is 0.352 e. The summed E-state index contributed by atoms with van der Waals surface area (Å²) in [7, 11) is 0. The summed E-state index contributed by atoms with van der Waals surface area (Å²) >= 11 is 0. The number of hydrogen-bond acceptors (Lipinski definition) is 2. The first-order valence-corrected chi connectivity index (χ1v) is 5.96. The van der Waals surface area contributed by atoms with Crippen LogP contribution in [0, 0.1) is 5.92 Å². The molecule has 1 aliphatic rings. The Balaban J connectivity index is 1.81. The van der Waals surface area contributed by atoms with Gasteiger partial charge in [-0.15, -0.1) is 0 Å². The van der Waals surface area contributed by atoms with Gasteiger partial charge in [0.2, 0.25) is 0 Å². The molecule has 17 heavy (non-hydrogen) atoms. The van der Waals surface area contributed by atoms with Crippen molar-refractivity contribution in [2.75, 3.05) is 6.54 Å². The van der Waals surface area contributed by atoms with Gasteiger partial charge < -0.3 is 5.32 Å². The maximum atomic E-state index is 11.9. The van der Waals surface area contributed by atoms with E-state index in [2.05, 4.69) is 10.3 Å². The van der Waals surface area contributed by atoms with E-state index < -0.39 is 0 Å². The van der Waals surface area contributed by atoms with Gasteiger partial charge in [-0.05, 0) is 30.9 Å². The highest BCUT2D eigenvalue weighted by molar-refractivity contribution is 5.97. The summed E-state index contributed by atoms with van der Waals surface area (Å²) in [6.07, 6.45) is 4.14. The van der Waals surface area contributed by atoms with Gasteiger partial charge in [0.05, 0.1) is 11.1 Å². The minimum atomic E-state index is -0.0184. The van der Waals surface area contributed by atoms with Crippen molar-refractivity contribution in [3.63, 3.8) is 0 Å². The summed E-state index contributed by atoms with van der Waals surface area (Å²) in [5, 5.41) is 3.95. The third kappa shape index (κ3) is 2.28. The molecule has 1 aliphatic carbocycles. The van der Waals surface area contributed by atoms with Crippen molar-refractivity contribution < 1.29 is 4.79 Å². The molecule has 1 heterocycles. The summed E-state index contributed by atoms with van der Waals surface area (Å²) in [6, 6.07) is 9.71. The standard InChI is InChI=1S/C14H14N2O/c17-14(16-8-10-5-6-10)12-7-11-3-1-2-4-13(11)15-9-12/h1-4,7,9-10H,5-6,8H2,(H,16,17). The first kappa shape index (κ1) is 10.3. The molecule has 0 radical (unpaired) electrons. The summed E-state index contributed by atoms with van der Waals surface area (Å²) in [6.45, 7) is 0.797. The number of fused-ring (bicyclic) bond motifs is 1. The van der Waals surface area contributed by atoms with E-state index in [1.165, 1.54) is 12.8 Å². The lowest BCUT2D eigenvalue weighted by molar-refractivity contribution is 0.0951. The van der Waals surface area contributed by atoms with Gasteiger partial charge in [0.15, 0.2) is 0 Å². The molecule has 3 rings (SSSR count). The van der Waals surface area contributed by atoms with Crippen LogP contribution in [0.3, 0.4) is 0 Å². The van der Waals surface area contributed by atoms with Gasteiger partial charge in [-0.2, -0.15) is 0 Å². The van der Waals surface area contributed by atoms with Gasteiger partial charge in [-0.1, -0.05) is 18.2 Å². The Bertz CT molecular complexity index is 561. The van der Waals surface area contributed by atoms with Crippen LogP contribution in [0.25, 0.3) is 10.9 Å². The van der Waals surface area contributed by atoms with Crippen molar-refractivity contribution in [3.05, 3.63) is 42.1 Å². The van der Waals surface area contributed by atoms with Crippen LogP contribution in [0.2, 0.25) is 0 Å². The average molecular weight is 226 g/mol. The SMILES string of the molecule is O=C(NCC1CC1)c1cnc2ccccc2c1. The molecule has 1 N–H and O–H groups in total. The van der Waals surface area contributed by atoms with Gasteiger partial charge in [0.25, 0.3) is 5.91 Å². The first-order valence-electron chi connectivity index (χ1n) is 5.96. The van der Waals surface area contributed by atoms with E-state index in [1.807, 2.05) is 30.3 Å². The van der Waals surface area contributed by atoms with E-state index in [0.29, 0.717) is 11.5 Å². The average Bonchev–Trinajstić information content (AvgIpc) is 3.19. The fourth-order valence-electron chi connectivity index (χ4n) is 1.86. The van der Waals surface area contributed by atoms with Gasteiger partial charge in [0, 0.05) is 18.1 Å². The van der Waals surface area contributed by atoms with E-state index in [9.17, 15) is 4.79 Å². The maximum absolute atomic E-state index is 11.9. The zero-order valence-electron chi connectivity index (χ0n) is 9.52. The van der Waals surface area contributed by atoms with Crippen molar-refractivity contribution in [2.24, 2.45) is 5.92 Å². The molecule has 0 atom stereocenters. The predicted octanol–water partition coefficient (Wildman–Crippen LogP) is 2.37. The van der Waals surface area contributed by atoms with Crippen molar-refractivity contribution in [1.29, 1.82) is 0 Å². The molecule has 3 heteroatoms. The van der Waals surface area contributed by atoms with Crippen LogP contribution in [0.4, 0.5) is 0 Å². The Hall–Kier alpha value is -1.90. The fraction of sp³-hybridized carbons (Fsp3) is 0.286. The van der Waals surface area contributed by atoms with Crippen molar-refractivity contribution in [1.82, 2.24) is 10.3 Å². The van der Waals surface area contributed by atoms with Crippen molar-refractivity contribution in [3.8, 4) is 0 Å². The van der Waals surface area contributed by atoms with E-state index in [1.54, 1.807) is 6.20 Å². The third-order valence-corrected chi connectivity index (χ3v) is 3.10. The lowest BCUT2D eigenvalue weighted by Crippen LogP contribution is -2.25. The lowest BCUT2D eigenvalue weighted by Gasteiger charge is -2.04. The minimum absolute atomic E-state index is 0.0184. The van der Waals surface area contributed by atoms with Crippen LogP contribution in [0.15, 0.2) is 36.5 Å². The molecule has 1 saturated carbocycles. The molecule has 1 fully saturated rings. The summed E-state index contributed by atoms with van der Waals surface area (Å²) in [5.41, 5.74) is 1.57. The summed E-state index contributed by atoms with van der Waals surface area (Å²) in [4.78, 5) is 16.2. The Morgan fingerprint density at radius 3 is 3.00 bits per heavy atom. The number of carbonyl (C=O) groups excluding carboxylic acids is 1. The second kappa shape index (κ2) is 4.17. The molecule has 0 bridgehead atoms. The topological polar surface area (TPSA) is 42.0 Å². The van der Waals surface area contributed by atoms with Crippen LogP contribution < -0.4 is 5.32 Å². The monoisotopic (exact) mass is 226 g/mol. The zero-order valence-corrected chi connectivity index (χ0v) is 9.52. The number of hydrogen-bond donors (Lipinski definition) is 1. The van der Waals surface area contributed by atoms with Crippen molar-refractivity contribution >= 4 is 16.8 Å². The smallest absolute Gasteiger partial charge is 0.252 e. The Labute approximate surface area is 99.9 Å². The molecule has 86 valence electrons. The van der Waals surface area contributed by atoms with Crippen LogP contribution in [-0.4, -0.2) is 17.4 Å². The number of benzene rings is 1. The number of rotatable bonds is 3. The highest BCUT2D eigenvalue weighted by atomic mass is 16.1. The number of nitrogens with zero attached hydrogens (tertiary/aromatic N) is 1. The fourth-order valence-corrected chi connectivity index (χ4v) is 1.86. The molecule has 1 aromatic heterocycles. The Kier molecular flexibility index (Phi) is 2.52. The molecule has 2 aromatic rings. The van der Waals surface area contributed by atoms with Crippen LogP contribution >= 0.6 is 0 Å². The number of para-hydroxylation sites is 1. The van der Waals surface area contributed by atoms with E-state index in [-0.39, 0.29) is 5.91 Å². The molecular weight excluding hydrogens is 212 g/mol. The second-order valence-corrected chi connectivity index (χ2v) is 4.57. The van der Waals surface area contributed by atoms with Gasteiger partial charge >= 0.3 is 0 Å².